The SMILES string of the molecule is CCN1C[C@@H](C(=O)NCc2noc(CCOC)n2)CC1=O. The highest BCUT2D eigenvalue weighted by molar-refractivity contribution is 5.89. The smallest absolute Gasteiger partial charge is 0.229 e. The molecule has 1 aromatic rings. The predicted molar refractivity (Wildman–Crippen MR) is 72.1 cm³/mol. The van der Waals surface area contributed by atoms with Crippen molar-refractivity contribution in [3.63, 3.8) is 0 Å². The van der Waals surface area contributed by atoms with Crippen LogP contribution in [0.5, 0.6) is 0 Å². The summed E-state index contributed by atoms with van der Waals surface area (Å²) in [4.78, 5) is 29.4. The molecule has 0 aliphatic carbocycles. The van der Waals surface area contributed by atoms with Gasteiger partial charge in [-0.05, 0) is 6.92 Å². The normalized spacial score (nSPS) is 18.3. The van der Waals surface area contributed by atoms with Crippen LogP contribution in [0.2, 0.25) is 0 Å². The predicted octanol–water partition coefficient (Wildman–Crippen LogP) is -0.257. The first-order chi connectivity index (χ1) is 10.1. The number of hydrogen-bond acceptors (Lipinski definition) is 6. The van der Waals surface area contributed by atoms with Crippen LogP contribution in [-0.2, 0) is 27.3 Å². The molecular weight excluding hydrogens is 276 g/mol. The summed E-state index contributed by atoms with van der Waals surface area (Å²) in [6, 6.07) is 0. The van der Waals surface area contributed by atoms with Crippen molar-refractivity contribution in [2.24, 2.45) is 5.92 Å². The summed E-state index contributed by atoms with van der Waals surface area (Å²) in [6.45, 7) is 3.72. The Morgan fingerprint density at radius 1 is 1.57 bits per heavy atom. The molecule has 1 aromatic heterocycles. The van der Waals surface area contributed by atoms with Crippen molar-refractivity contribution in [3.05, 3.63) is 11.7 Å². The summed E-state index contributed by atoms with van der Waals surface area (Å²) in [5.41, 5.74) is 0. The van der Waals surface area contributed by atoms with E-state index in [4.69, 9.17) is 9.26 Å². The van der Waals surface area contributed by atoms with Crippen molar-refractivity contribution in [2.75, 3.05) is 26.8 Å². The van der Waals surface area contributed by atoms with Gasteiger partial charge in [-0.3, -0.25) is 9.59 Å². The van der Waals surface area contributed by atoms with Gasteiger partial charge >= 0.3 is 0 Å². The molecule has 116 valence electrons. The molecular formula is C13H20N4O4. The van der Waals surface area contributed by atoms with Crippen molar-refractivity contribution in [1.29, 1.82) is 0 Å². The molecule has 0 radical (unpaired) electrons. The van der Waals surface area contributed by atoms with E-state index >= 15 is 0 Å². The van der Waals surface area contributed by atoms with E-state index in [9.17, 15) is 9.59 Å². The lowest BCUT2D eigenvalue weighted by molar-refractivity contribution is -0.128. The lowest BCUT2D eigenvalue weighted by atomic mass is 10.1. The van der Waals surface area contributed by atoms with Gasteiger partial charge in [0.15, 0.2) is 5.82 Å². The fraction of sp³-hybridized carbons (Fsp3) is 0.692. The maximum absolute atomic E-state index is 12.0. The van der Waals surface area contributed by atoms with Crippen molar-refractivity contribution in [3.8, 4) is 0 Å². The summed E-state index contributed by atoms with van der Waals surface area (Å²) in [5, 5.41) is 6.52. The van der Waals surface area contributed by atoms with Crippen LogP contribution in [0, 0.1) is 5.92 Å². The third kappa shape index (κ3) is 4.01. The monoisotopic (exact) mass is 296 g/mol. The molecule has 2 rings (SSSR count). The number of hydrogen-bond donors (Lipinski definition) is 1. The molecule has 1 aliphatic rings. The Labute approximate surface area is 122 Å². The van der Waals surface area contributed by atoms with Gasteiger partial charge in [0.05, 0.1) is 25.5 Å². The largest absolute Gasteiger partial charge is 0.384 e. The van der Waals surface area contributed by atoms with Crippen molar-refractivity contribution in [1.82, 2.24) is 20.4 Å². The lowest BCUT2D eigenvalue weighted by Gasteiger charge is -2.13. The maximum Gasteiger partial charge on any atom is 0.229 e. The highest BCUT2D eigenvalue weighted by atomic mass is 16.5. The highest BCUT2D eigenvalue weighted by Gasteiger charge is 2.33. The van der Waals surface area contributed by atoms with Crippen LogP contribution in [0.1, 0.15) is 25.1 Å². The third-order valence-corrected chi connectivity index (χ3v) is 3.42. The van der Waals surface area contributed by atoms with E-state index in [0.717, 1.165) is 0 Å². The number of nitrogens with one attached hydrogen (secondary N) is 1. The Balaban J connectivity index is 1.79. The quantitative estimate of drug-likeness (QED) is 0.744. The van der Waals surface area contributed by atoms with Gasteiger partial charge in [0.2, 0.25) is 17.7 Å². The van der Waals surface area contributed by atoms with E-state index in [1.54, 1.807) is 12.0 Å². The zero-order valence-corrected chi connectivity index (χ0v) is 12.3. The van der Waals surface area contributed by atoms with Crippen LogP contribution in [-0.4, -0.2) is 53.7 Å². The summed E-state index contributed by atoms with van der Waals surface area (Å²) >= 11 is 0. The number of nitrogens with zero attached hydrogens (tertiary/aromatic N) is 3. The number of rotatable bonds is 7. The molecule has 21 heavy (non-hydrogen) atoms. The average molecular weight is 296 g/mol. The molecule has 1 saturated heterocycles. The van der Waals surface area contributed by atoms with Crippen molar-refractivity contribution in [2.45, 2.75) is 26.3 Å². The standard InChI is InChI=1S/C13H20N4O4/c1-3-17-8-9(6-12(17)18)13(19)14-7-10-15-11(21-16-10)4-5-20-2/h9H,3-8H2,1-2H3,(H,14,19)/t9-/m0/s1. The number of methoxy groups -OCH3 is 1. The second-order valence-corrected chi connectivity index (χ2v) is 4.90. The number of ether oxygens (including phenoxy) is 1. The van der Waals surface area contributed by atoms with Gasteiger partial charge in [-0.2, -0.15) is 4.98 Å². The van der Waals surface area contributed by atoms with E-state index in [2.05, 4.69) is 15.5 Å². The van der Waals surface area contributed by atoms with Gasteiger partial charge < -0.3 is 19.5 Å². The van der Waals surface area contributed by atoms with Crippen LogP contribution < -0.4 is 5.32 Å². The Morgan fingerprint density at radius 2 is 2.38 bits per heavy atom. The van der Waals surface area contributed by atoms with E-state index in [1.165, 1.54) is 0 Å². The van der Waals surface area contributed by atoms with Crippen LogP contribution in [0.15, 0.2) is 4.52 Å². The van der Waals surface area contributed by atoms with Gasteiger partial charge in [0.25, 0.3) is 0 Å². The van der Waals surface area contributed by atoms with E-state index in [0.29, 0.717) is 37.8 Å². The van der Waals surface area contributed by atoms with Crippen molar-refractivity contribution >= 4 is 11.8 Å². The molecule has 0 bridgehead atoms. The fourth-order valence-corrected chi connectivity index (χ4v) is 2.22. The van der Waals surface area contributed by atoms with E-state index in [-0.39, 0.29) is 30.7 Å². The Hall–Kier alpha value is -1.96. The zero-order valence-electron chi connectivity index (χ0n) is 12.3. The molecule has 8 nitrogen and oxygen atoms in total. The topological polar surface area (TPSA) is 97.6 Å². The summed E-state index contributed by atoms with van der Waals surface area (Å²) < 4.78 is 9.94. The molecule has 8 heteroatoms. The molecule has 0 spiro atoms. The molecule has 1 N–H and O–H groups in total. The molecule has 1 atom stereocenters. The molecule has 0 aromatic carbocycles. The minimum atomic E-state index is -0.294. The van der Waals surface area contributed by atoms with Gasteiger partial charge in [0, 0.05) is 26.6 Å². The third-order valence-electron chi connectivity index (χ3n) is 3.42. The van der Waals surface area contributed by atoms with Crippen LogP contribution >= 0.6 is 0 Å². The molecule has 0 saturated carbocycles. The number of carbonyl (C=O) groups excluding carboxylic acids is 2. The molecule has 2 heterocycles. The van der Waals surface area contributed by atoms with Crippen LogP contribution in [0.4, 0.5) is 0 Å². The first-order valence-electron chi connectivity index (χ1n) is 7.00. The summed E-state index contributed by atoms with van der Waals surface area (Å²) in [5.74, 6) is 0.486. The van der Waals surface area contributed by atoms with Gasteiger partial charge in [-0.25, -0.2) is 0 Å². The van der Waals surface area contributed by atoms with Gasteiger partial charge in [-0.15, -0.1) is 0 Å². The minimum absolute atomic E-state index is 0.0269. The lowest BCUT2D eigenvalue weighted by Crippen LogP contribution is -2.32. The molecule has 1 aliphatic heterocycles. The Kier molecular flexibility index (Phi) is 5.26. The van der Waals surface area contributed by atoms with Crippen LogP contribution in [0.25, 0.3) is 0 Å². The number of carbonyl (C=O) groups is 2. The molecule has 1 fully saturated rings. The summed E-state index contributed by atoms with van der Waals surface area (Å²) in [6.07, 6.45) is 0.811. The molecule has 2 amide bonds. The zero-order chi connectivity index (χ0) is 15.2. The average Bonchev–Trinajstić information content (AvgIpc) is 3.08. The summed E-state index contributed by atoms with van der Waals surface area (Å²) in [7, 11) is 1.60. The maximum atomic E-state index is 12.0. The van der Waals surface area contributed by atoms with Crippen molar-refractivity contribution < 1.29 is 18.8 Å². The number of amides is 2. The van der Waals surface area contributed by atoms with E-state index in [1.807, 2.05) is 6.92 Å². The van der Waals surface area contributed by atoms with Gasteiger partial charge in [-0.1, -0.05) is 5.16 Å². The highest BCUT2D eigenvalue weighted by Crippen LogP contribution is 2.17. The molecule has 0 unspecified atom stereocenters. The second kappa shape index (κ2) is 7.16. The van der Waals surface area contributed by atoms with Gasteiger partial charge in [0.1, 0.15) is 0 Å². The Morgan fingerprint density at radius 3 is 3.05 bits per heavy atom. The first kappa shape index (κ1) is 15.4. The minimum Gasteiger partial charge on any atom is -0.384 e. The number of aromatic nitrogens is 2. The van der Waals surface area contributed by atoms with E-state index < -0.39 is 0 Å². The Bertz CT molecular complexity index is 502. The second-order valence-electron chi connectivity index (χ2n) is 4.90. The first-order valence-corrected chi connectivity index (χ1v) is 7.00. The number of likely N-dealkylation sites (tertiary alicyclic amines) is 1. The van der Waals surface area contributed by atoms with Crippen LogP contribution in [0.3, 0.4) is 0 Å². The fourth-order valence-electron chi connectivity index (χ4n) is 2.22.